The third-order valence-electron chi connectivity index (χ3n) is 1.32. The molecule has 1 nitrogen and oxygen atoms in total. The fourth-order valence-corrected chi connectivity index (χ4v) is 1.97. The van der Waals surface area contributed by atoms with Crippen molar-refractivity contribution in [3.8, 4) is 5.75 Å². The van der Waals surface area contributed by atoms with E-state index in [4.69, 9.17) is 4.43 Å². The molecule has 4 heteroatoms. The summed E-state index contributed by atoms with van der Waals surface area (Å²) in [5.41, 5.74) is 0. The zero-order chi connectivity index (χ0) is 10.1. The van der Waals surface area contributed by atoms with Crippen LogP contribution in [0.25, 0.3) is 0 Å². The Labute approximate surface area is 87.2 Å². The minimum Gasteiger partial charge on any atom is -0.544 e. The molecule has 0 spiro atoms. The Balaban J connectivity index is 2.86. The highest BCUT2D eigenvalue weighted by atomic mass is 79.9. The molecule has 1 aromatic rings. The second kappa shape index (κ2) is 3.80. The minimum atomic E-state index is -1.62. The first-order valence-corrected chi connectivity index (χ1v) is 8.23. The molecule has 0 saturated heterocycles. The van der Waals surface area contributed by atoms with Gasteiger partial charge in [-0.2, -0.15) is 0 Å². The van der Waals surface area contributed by atoms with Crippen LogP contribution < -0.4 is 4.43 Å². The van der Waals surface area contributed by atoms with Crippen molar-refractivity contribution in [1.29, 1.82) is 0 Å². The fraction of sp³-hybridized carbons (Fsp3) is 0.333. The number of benzene rings is 1. The third kappa shape index (κ3) is 3.48. The van der Waals surface area contributed by atoms with Gasteiger partial charge in [0.05, 0.1) is 4.47 Å². The van der Waals surface area contributed by atoms with Crippen LogP contribution in [0.4, 0.5) is 4.39 Å². The van der Waals surface area contributed by atoms with Crippen LogP contribution >= 0.6 is 15.9 Å². The summed E-state index contributed by atoms with van der Waals surface area (Å²) in [6.45, 7) is 6.19. The van der Waals surface area contributed by atoms with Gasteiger partial charge in [-0.05, 0) is 47.7 Å². The summed E-state index contributed by atoms with van der Waals surface area (Å²) in [5, 5.41) is 0. The van der Waals surface area contributed by atoms with Crippen LogP contribution in [0.2, 0.25) is 19.6 Å². The van der Waals surface area contributed by atoms with Gasteiger partial charge >= 0.3 is 0 Å². The molecule has 0 aromatic heterocycles. The van der Waals surface area contributed by atoms with Crippen LogP contribution in [-0.4, -0.2) is 8.32 Å². The summed E-state index contributed by atoms with van der Waals surface area (Å²) in [6.07, 6.45) is 0. The van der Waals surface area contributed by atoms with Crippen molar-refractivity contribution >= 4 is 24.2 Å². The van der Waals surface area contributed by atoms with Crippen LogP contribution in [0.15, 0.2) is 22.7 Å². The summed E-state index contributed by atoms with van der Waals surface area (Å²) in [5.74, 6) is 0.329. The van der Waals surface area contributed by atoms with Gasteiger partial charge in [0.25, 0.3) is 0 Å². The average Bonchev–Trinajstić information content (AvgIpc) is 1.94. The Morgan fingerprint density at radius 1 is 1.31 bits per heavy atom. The Morgan fingerprint density at radius 2 is 1.92 bits per heavy atom. The highest BCUT2D eigenvalue weighted by Gasteiger charge is 2.16. The van der Waals surface area contributed by atoms with Gasteiger partial charge in [-0.15, -0.1) is 0 Å². The molecule has 0 heterocycles. The first kappa shape index (κ1) is 10.7. The van der Waals surface area contributed by atoms with Gasteiger partial charge in [0.1, 0.15) is 11.6 Å². The van der Waals surface area contributed by atoms with Crippen LogP contribution in [0.3, 0.4) is 0 Å². The third-order valence-corrected chi connectivity index (χ3v) is 2.81. The summed E-state index contributed by atoms with van der Waals surface area (Å²) in [4.78, 5) is 0. The van der Waals surface area contributed by atoms with Crippen LogP contribution in [0, 0.1) is 5.82 Å². The maximum absolute atomic E-state index is 13.0. The largest absolute Gasteiger partial charge is 0.544 e. The van der Waals surface area contributed by atoms with Crippen molar-refractivity contribution in [2.24, 2.45) is 0 Å². The number of hydrogen-bond donors (Lipinski definition) is 0. The van der Waals surface area contributed by atoms with Gasteiger partial charge in [-0.1, -0.05) is 0 Å². The topological polar surface area (TPSA) is 9.23 Å². The molecule has 72 valence electrons. The number of halogens is 2. The summed E-state index contributed by atoms with van der Waals surface area (Å²) in [7, 11) is -1.62. The van der Waals surface area contributed by atoms with E-state index in [-0.39, 0.29) is 5.82 Å². The molecule has 0 saturated carbocycles. The average molecular weight is 263 g/mol. The zero-order valence-electron chi connectivity index (χ0n) is 7.90. The molecule has 0 bridgehead atoms. The van der Waals surface area contributed by atoms with E-state index in [9.17, 15) is 4.39 Å². The quantitative estimate of drug-likeness (QED) is 0.737. The molecule has 0 aliphatic carbocycles. The summed E-state index contributed by atoms with van der Waals surface area (Å²) < 4.78 is 19.1. The van der Waals surface area contributed by atoms with Crippen molar-refractivity contribution in [2.45, 2.75) is 19.6 Å². The molecule has 0 amide bonds. The molecule has 0 aliphatic rings. The van der Waals surface area contributed by atoms with Gasteiger partial charge in [-0.25, -0.2) is 4.39 Å². The highest BCUT2D eigenvalue weighted by Crippen LogP contribution is 2.22. The molecule has 0 fully saturated rings. The molecule has 0 atom stereocenters. The monoisotopic (exact) mass is 262 g/mol. The predicted octanol–water partition coefficient (Wildman–Crippen LogP) is 3.80. The van der Waals surface area contributed by atoms with Crippen molar-refractivity contribution in [2.75, 3.05) is 0 Å². The lowest BCUT2D eigenvalue weighted by atomic mass is 10.3. The van der Waals surface area contributed by atoms with Crippen LogP contribution in [-0.2, 0) is 0 Å². The van der Waals surface area contributed by atoms with Crippen molar-refractivity contribution < 1.29 is 8.82 Å². The van der Waals surface area contributed by atoms with E-state index in [2.05, 4.69) is 35.6 Å². The molecule has 1 aromatic carbocycles. The second-order valence-corrected chi connectivity index (χ2v) is 9.07. The van der Waals surface area contributed by atoms with Gasteiger partial charge in [0.15, 0.2) is 0 Å². The molecule has 13 heavy (non-hydrogen) atoms. The van der Waals surface area contributed by atoms with Gasteiger partial charge in [0.2, 0.25) is 8.32 Å². The van der Waals surface area contributed by atoms with Crippen LogP contribution in [0.1, 0.15) is 0 Å². The maximum atomic E-state index is 13.0. The van der Waals surface area contributed by atoms with Crippen molar-refractivity contribution in [3.63, 3.8) is 0 Å². The van der Waals surface area contributed by atoms with E-state index >= 15 is 0 Å². The van der Waals surface area contributed by atoms with E-state index in [0.29, 0.717) is 10.2 Å². The summed E-state index contributed by atoms with van der Waals surface area (Å²) >= 11 is 3.09. The Hall–Kier alpha value is -0.353. The molecule has 0 radical (unpaired) electrons. The summed E-state index contributed by atoms with van der Waals surface area (Å²) in [6, 6.07) is 4.83. The van der Waals surface area contributed by atoms with E-state index in [1.54, 1.807) is 12.1 Å². The Kier molecular flexibility index (Phi) is 3.13. The Morgan fingerprint density at radius 3 is 2.38 bits per heavy atom. The first-order chi connectivity index (χ1) is 5.88. The van der Waals surface area contributed by atoms with Crippen molar-refractivity contribution in [1.82, 2.24) is 0 Å². The molecule has 0 aliphatic heterocycles. The minimum absolute atomic E-state index is 0.282. The lowest BCUT2D eigenvalue weighted by Crippen LogP contribution is -2.29. The standard InChI is InChI=1S/C9H12BrFOSi/c1-13(2,3)12-7-4-5-8(10)9(11)6-7/h4-6H,1-3H3. The van der Waals surface area contributed by atoms with Gasteiger partial charge < -0.3 is 4.43 Å². The van der Waals surface area contributed by atoms with E-state index < -0.39 is 8.32 Å². The van der Waals surface area contributed by atoms with Gasteiger partial charge in [-0.3, -0.25) is 0 Å². The lowest BCUT2D eigenvalue weighted by molar-refractivity contribution is 0.543. The molecular weight excluding hydrogens is 251 g/mol. The maximum Gasteiger partial charge on any atom is 0.242 e. The van der Waals surface area contributed by atoms with Gasteiger partial charge in [0, 0.05) is 6.07 Å². The van der Waals surface area contributed by atoms with Crippen LogP contribution in [0.5, 0.6) is 5.75 Å². The fourth-order valence-electron chi connectivity index (χ4n) is 0.894. The zero-order valence-corrected chi connectivity index (χ0v) is 10.5. The number of hydrogen-bond acceptors (Lipinski definition) is 1. The molecule has 1 rings (SSSR count). The normalized spacial score (nSPS) is 11.5. The smallest absolute Gasteiger partial charge is 0.242 e. The van der Waals surface area contributed by atoms with E-state index in [1.165, 1.54) is 6.07 Å². The van der Waals surface area contributed by atoms with Crippen molar-refractivity contribution in [3.05, 3.63) is 28.5 Å². The van der Waals surface area contributed by atoms with E-state index in [0.717, 1.165) is 0 Å². The number of rotatable bonds is 2. The first-order valence-electron chi connectivity index (χ1n) is 4.02. The van der Waals surface area contributed by atoms with E-state index in [1.807, 2.05) is 0 Å². The Bertz CT molecular complexity index is 309. The molecule has 0 N–H and O–H groups in total. The molecular formula is C9H12BrFOSi. The second-order valence-electron chi connectivity index (χ2n) is 3.79. The lowest BCUT2D eigenvalue weighted by Gasteiger charge is -2.19. The SMILES string of the molecule is C[Si](C)(C)Oc1ccc(Br)c(F)c1. The highest BCUT2D eigenvalue weighted by molar-refractivity contribution is 9.10. The molecule has 0 unspecified atom stereocenters. The predicted molar refractivity (Wildman–Crippen MR) is 58.1 cm³/mol.